The molecule has 1 fully saturated rings. The second-order valence-electron chi connectivity index (χ2n) is 7.61. The first kappa shape index (κ1) is 21.4. The zero-order valence-electron chi connectivity index (χ0n) is 17.7. The maximum absolute atomic E-state index is 5.58. The Morgan fingerprint density at radius 1 is 1.26 bits per heavy atom. The normalized spacial score (nSPS) is 17.9. The van der Waals surface area contributed by atoms with E-state index in [1.807, 2.05) is 20.0 Å². The third-order valence-electron chi connectivity index (χ3n) is 5.21. The predicted molar refractivity (Wildman–Crippen MR) is 110 cm³/mol. The number of hydrogen-bond donors (Lipinski definition) is 1. The van der Waals surface area contributed by atoms with Crippen molar-refractivity contribution < 1.29 is 14.2 Å². The molecule has 27 heavy (non-hydrogen) atoms. The minimum absolute atomic E-state index is 0.0834. The van der Waals surface area contributed by atoms with Gasteiger partial charge < -0.3 is 24.4 Å². The van der Waals surface area contributed by atoms with Crippen molar-refractivity contribution >= 4 is 5.96 Å². The molecule has 1 aromatic carbocycles. The largest absolute Gasteiger partial charge is 0.493 e. The number of benzene rings is 1. The molecule has 6 heteroatoms. The van der Waals surface area contributed by atoms with E-state index in [1.165, 1.54) is 5.56 Å². The number of nitrogens with one attached hydrogen (secondary N) is 1. The number of ether oxygens (including phenoxy) is 3. The van der Waals surface area contributed by atoms with Gasteiger partial charge in [0.2, 0.25) is 0 Å². The fourth-order valence-corrected chi connectivity index (χ4v) is 3.44. The van der Waals surface area contributed by atoms with Crippen molar-refractivity contribution in [3.8, 4) is 11.5 Å². The minimum Gasteiger partial charge on any atom is -0.493 e. The highest BCUT2D eigenvalue weighted by Crippen LogP contribution is 2.33. The van der Waals surface area contributed by atoms with E-state index >= 15 is 0 Å². The smallest absolute Gasteiger partial charge is 0.193 e. The molecule has 0 amide bonds. The third kappa shape index (κ3) is 5.51. The third-order valence-corrected chi connectivity index (χ3v) is 5.21. The molecule has 1 heterocycles. The van der Waals surface area contributed by atoms with Crippen molar-refractivity contribution in [2.24, 2.45) is 10.9 Å². The van der Waals surface area contributed by atoms with E-state index in [0.717, 1.165) is 56.7 Å². The van der Waals surface area contributed by atoms with E-state index in [-0.39, 0.29) is 5.41 Å². The molecule has 1 aromatic rings. The van der Waals surface area contributed by atoms with Crippen molar-refractivity contribution in [2.45, 2.75) is 32.6 Å². The van der Waals surface area contributed by atoms with Gasteiger partial charge in [0.1, 0.15) is 0 Å². The molecule has 1 aliphatic rings. The van der Waals surface area contributed by atoms with Crippen molar-refractivity contribution in [1.29, 1.82) is 0 Å². The predicted octanol–water partition coefficient (Wildman–Crippen LogP) is 2.92. The molecule has 0 aromatic heterocycles. The van der Waals surface area contributed by atoms with Gasteiger partial charge in [0, 0.05) is 44.6 Å². The average Bonchev–Trinajstić information content (AvgIpc) is 3.14. The first-order chi connectivity index (χ1) is 12.9. The van der Waals surface area contributed by atoms with Crippen LogP contribution >= 0.6 is 0 Å². The first-order valence-electron chi connectivity index (χ1n) is 9.71. The summed E-state index contributed by atoms with van der Waals surface area (Å²) < 4.78 is 16.4. The molecule has 1 saturated heterocycles. The minimum atomic E-state index is -0.0834. The number of aliphatic imine (C=N–C) groups is 1. The summed E-state index contributed by atoms with van der Waals surface area (Å²) in [7, 11) is 5.17. The van der Waals surface area contributed by atoms with Crippen LogP contribution in [-0.2, 0) is 10.2 Å². The summed E-state index contributed by atoms with van der Waals surface area (Å²) in [6, 6.07) is 6.11. The fourth-order valence-electron chi connectivity index (χ4n) is 3.44. The Hall–Kier alpha value is -1.95. The van der Waals surface area contributed by atoms with Crippen LogP contribution in [0, 0.1) is 5.92 Å². The molecule has 0 radical (unpaired) electrons. The Kier molecular flexibility index (Phi) is 7.78. The average molecular weight is 378 g/mol. The van der Waals surface area contributed by atoms with E-state index in [1.54, 1.807) is 14.2 Å². The van der Waals surface area contributed by atoms with Crippen LogP contribution < -0.4 is 14.8 Å². The molecule has 0 bridgehead atoms. The van der Waals surface area contributed by atoms with Gasteiger partial charge in [-0.2, -0.15) is 0 Å². The zero-order chi connectivity index (χ0) is 19.9. The Morgan fingerprint density at radius 3 is 2.63 bits per heavy atom. The molecule has 0 aliphatic carbocycles. The van der Waals surface area contributed by atoms with E-state index in [9.17, 15) is 0 Å². The Bertz CT molecular complexity index is 631. The van der Waals surface area contributed by atoms with Gasteiger partial charge in [-0.15, -0.1) is 0 Å². The molecule has 0 spiro atoms. The van der Waals surface area contributed by atoms with Gasteiger partial charge in [0.05, 0.1) is 20.8 Å². The summed E-state index contributed by atoms with van der Waals surface area (Å²) in [4.78, 5) is 6.82. The summed E-state index contributed by atoms with van der Waals surface area (Å²) in [5.41, 5.74) is 1.11. The van der Waals surface area contributed by atoms with Gasteiger partial charge in [-0.05, 0) is 31.0 Å². The van der Waals surface area contributed by atoms with Crippen LogP contribution in [0.1, 0.15) is 32.8 Å². The highest BCUT2D eigenvalue weighted by molar-refractivity contribution is 5.80. The van der Waals surface area contributed by atoms with Crippen LogP contribution in [0.2, 0.25) is 0 Å². The van der Waals surface area contributed by atoms with Crippen LogP contribution in [0.5, 0.6) is 11.5 Å². The quantitative estimate of drug-likeness (QED) is 0.558. The topological polar surface area (TPSA) is 55.3 Å². The summed E-state index contributed by atoms with van der Waals surface area (Å²) in [6.45, 7) is 10.9. The second-order valence-corrected chi connectivity index (χ2v) is 7.61. The molecule has 1 N–H and O–H groups in total. The molecule has 1 aliphatic heterocycles. The van der Waals surface area contributed by atoms with Crippen molar-refractivity contribution in [1.82, 2.24) is 10.2 Å². The van der Waals surface area contributed by atoms with E-state index in [0.29, 0.717) is 5.92 Å². The summed E-state index contributed by atoms with van der Waals surface area (Å²) in [5.74, 6) is 3.05. The Morgan fingerprint density at radius 2 is 2.00 bits per heavy atom. The lowest BCUT2D eigenvalue weighted by atomic mass is 9.84. The highest BCUT2D eigenvalue weighted by Gasteiger charge is 2.27. The monoisotopic (exact) mass is 377 g/mol. The van der Waals surface area contributed by atoms with E-state index in [2.05, 4.69) is 41.2 Å². The van der Waals surface area contributed by atoms with Gasteiger partial charge in [0.25, 0.3) is 0 Å². The van der Waals surface area contributed by atoms with E-state index < -0.39 is 0 Å². The molecule has 152 valence electrons. The molecule has 1 unspecified atom stereocenters. The molecular formula is C21H35N3O3. The standard InChI is InChI=1S/C21H35N3O3/c1-7-27-14-16-10-11-24(13-16)20(22-4)23-15-21(2,3)17-8-9-18(25-5)19(12-17)26-6/h8-9,12,16H,7,10-11,13-15H2,1-6H3,(H,22,23). The van der Waals surface area contributed by atoms with Gasteiger partial charge in [-0.25, -0.2) is 0 Å². The number of nitrogens with zero attached hydrogens (tertiary/aromatic N) is 2. The van der Waals surface area contributed by atoms with Crippen LogP contribution in [0.4, 0.5) is 0 Å². The van der Waals surface area contributed by atoms with Crippen molar-refractivity contribution in [3.05, 3.63) is 23.8 Å². The lowest BCUT2D eigenvalue weighted by Crippen LogP contribution is -2.45. The lowest BCUT2D eigenvalue weighted by Gasteiger charge is -2.29. The van der Waals surface area contributed by atoms with Crippen LogP contribution in [-0.4, -0.2) is 65.0 Å². The lowest BCUT2D eigenvalue weighted by molar-refractivity contribution is 0.114. The van der Waals surface area contributed by atoms with Gasteiger partial charge in [0.15, 0.2) is 17.5 Å². The van der Waals surface area contributed by atoms with Crippen LogP contribution in [0.3, 0.4) is 0 Å². The van der Waals surface area contributed by atoms with Crippen molar-refractivity contribution in [2.75, 3.05) is 54.1 Å². The molecule has 2 rings (SSSR count). The van der Waals surface area contributed by atoms with Crippen molar-refractivity contribution in [3.63, 3.8) is 0 Å². The Balaban J connectivity index is 1.99. The first-order valence-corrected chi connectivity index (χ1v) is 9.71. The van der Waals surface area contributed by atoms with E-state index in [4.69, 9.17) is 14.2 Å². The molecular weight excluding hydrogens is 342 g/mol. The maximum atomic E-state index is 5.58. The number of methoxy groups -OCH3 is 2. The number of hydrogen-bond acceptors (Lipinski definition) is 4. The molecule has 1 atom stereocenters. The fraction of sp³-hybridized carbons (Fsp3) is 0.667. The zero-order valence-corrected chi connectivity index (χ0v) is 17.7. The Labute approximate surface area is 163 Å². The maximum Gasteiger partial charge on any atom is 0.193 e. The summed E-state index contributed by atoms with van der Waals surface area (Å²) in [5, 5.41) is 3.56. The van der Waals surface area contributed by atoms with Crippen LogP contribution in [0.15, 0.2) is 23.2 Å². The number of guanidine groups is 1. The summed E-state index contributed by atoms with van der Waals surface area (Å²) >= 11 is 0. The van der Waals surface area contributed by atoms with Gasteiger partial charge >= 0.3 is 0 Å². The van der Waals surface area contributed by atoms with Gasteiger partial charge in [-0.3, -0.25) is 4.99 Å². The van der Waals surface area contributed by atoms with Crippen LogP contribution in [0.25, 0.3) is 0 Å². The second kappa shape index (κ2) is 9.83. The van der Waals surface area contributed by atoms with Gasteiger partial charge in [-0.1, -0.05) is 19.9 Å². The summed E-state index contributed by atoms with van der Waals surface area (Å²) in [6.07, 6.45) is 1.15. The highest BCUT2D eigenvalue weighted by atomic mass is 16.5. The SMILES string of the molecule is CCOCC1CCN(C(=NC)NCC(C)(C)c2ccc(OC)c(OC)c2)C1. The molecule has 6 nitrogen and oxygen atoms in total. The molecule has 0 saturated carbocycles. The number of rotatable bonds is 8. The number of likely N-dealkylation sites (tertiary alicyclic amines) is 1.